The average molecular weight is 529 g/mol. The first-order chi connectivity index (χ1) is 13.4. The molecule has 1 aromatic rings. The molecule has 0 radical (unpaired) electrons. The van der Waals surface area contributed by atoms with Crippen molar-refractivity contribution in [2.24, 2.45) is 0 Å². The van der Waals surface area contributed by atoms with Crippen molar-refractivity contribution in [2.75, 3.05) is 0 Å². The molecule has 0 aliphatic carbocycles. The molecule has 178 valence electrons. The summed E-state index contributed by atoms with van der Waals surface area (Å²) >= 11 is 0. The molecule has 0 unspecified atom stereocenters. The summed E-state index contributed by atoms with van der Waals surface area (Å²) in [6.07, 6.45) is -0.346. The van der Waals surface area contributed by atoms with E-state index in [1.54, 1.807) is 0 Å². The third kappa shape index (κ3) is 4.76. The average Bonchev–Trinajstić information content (AvgIpc) is 2.50. The number of hydrogen-bond donors (Lipinski definition) is 0. The van der Waals surface area contributed by atoms with Crippen LogP contribution in [0.4, 0.5) is 39.5 Å². The van der Waals surface area contributed by atoms with Crippen LogP contribution < -0.4 is 5.11 Å². The zero-order valence-electron chi connectivity index (χ0n) is 14.2. The van der Waals surface area contributed by atoms with E-state index in [9.17, 15) is 69.9 Å². The molecule has 7 nitrogen and oxygen atoms in total. The van der Waals surface area contributed by atoms with E-state index in [0.29, 0.717) is 6.92 Å². The van der Waals surface area contributed by atoms with Crippen LogP contribution in [0.25, 0.3) is 6.08 Å². The summed E-state index contributed by atoms with van der Waals surface area (Å²) in [5.41, 5.74) is -21.4. The first kappa shape index (κ1) is 27.0. The fraction of sp³-hybridized carbons (Fsp3) is 0.333. The predicted molar refractivity (Wildman–Crippen MR) is 79.8 cm³/mol. The lowest BCUT2D eigenvalue weighted by atomic mass is 10.2. The molecule has 0 saturated heterocycles. The van der Waals surface area contributed by atoms with Gasteiger partial charge in [0.1, 0.15) is 0 Å². The van der Waals surface area contributed by atoms with Crippen molar-refractivity contribution in [3.05, 3.63) is 23.5 Å². The van der Waals surface area contributed by atoms with E-state index in [-0.39, 0.29) is 6.08 Å². The van der Waals surface area contributed by atoms with E-state index in [1.165, 1.54) is 0 Å². The molecule has 1 aromatic carbocycles. The molecule has 0 aliphatic rings. The third-order valence-corrected chi connectivity index (χ3v) is 7.75. The fourth-order valence-corrected chi connectivity index (χ4v) is 4.91. The number of benzene rings is 1. The smallest absolute Gasteiger partial charge is 0.501 e. The number of sulfone groups is 3. The highest BCUT2D eigenvalue weighted by atomic mass is 32.2. The lowest BCUT2D eigenvalue weighted by Gasteiger charge is -2.19. The normalized spacial score (nSPS) is 15.2. The quantitative estimate of drug-likeness (QED) is 0.433. The van der Waals surface area contributed by atoms with Gasteiger partial charge in [-0.25, -0.2) is 25.3 Å². The Bertz CT molecular complexity index is 1160. The Morgan fingerprint density at radius 1 is 0.710 bits per heavy atom. The first-order valence-corrected chi connectivity index (χ1v) is 11.3. The van der Waals surface area contributed by atoms with Crippen LogP contribution in [0, 0.1) is 0 Å². The highest BCUT2D eigenvalue weighted by Crippen LogP contribution is 2.42. The number of rotatable bonds is 4. The third-order valence-electron chi connectivity index (χ3n) is 3.23. The minimum atomic E-state index is -6.96. The van der Waals surface area contributed by atoms with Gasteiger partial charge in [0, 0.05) is 5.56 Å². The van der Waals surface area contributed by atoms with Gasteiger partial charge >= 0.3 is 16.5 Å². The maximum Gasteiger partial charge on any atom is 0.501 e. The Morgan fingerprint density at radius 3 is 1.23 bits per heavy atom. The molecule has 31 heavy (non-hydrogen) atoms. The van der Waals surface area contributed by atoms with Gasteiger partial charge in [-0.05, 0) is 12.1 Å². The molecule has 0 fully saturated rings. The van der Waals surface area contributed by atoms with Crippen LogP contribution >= 0.6 is 0 Å². The molecule has 0 atom stereocenters. The van der Waals surface area contributed by atoms with Crippen LogP contribution in [0.15, 0.2) is 32.6 Å². The molecule has 0 heterocycles. The van der Waals surface area contributed by atoms with Gasteiger partial charge in [-0.3, -0.25) is 0 Å². The van der Waals surface area contributed by atoms with E-state index in [4.69, 9.17) is 0 Å². The zero-order valence-corrected chi connectivity index (χ0v) is 16.7. The molecule has 0 spiro atoms. The minimum Gasteiger partial charge on any atom is -0.876 e. The molecule has 1 rings (SSSR count). The van der Waals surface area contributed by atoms with Crippen molar-refractivity contribution < 1.29 is 69.9 Å². The number of alkyl halides is 9. The maximum atomic E-state index is 12.9. The number of allylic oxidation sites excluding steroid dienone is 1. The summed E-state index contributed by atoms with van der Waals surface area (Å²) in [5, 5.41) is 11.2. The number of hydrogen-bond acceptors (Lipinski definition) is 7. The summed E-state index contributed by atoms with van der Waals surface area (Å²) in [5.74, 6) is -1.52. The van der Waals surface area contributed by atoms with Crippen LogP contribution in [0.1, 0.15) is 12.5 Å². The molecule has 0 saturated carbocycles. The van der Waals surface area contributed by atoms with Crippen molar-refractivity contribution >= 4 is 35.6 Å². The van der Waals surface area contributed by atoms with Crippen molar-refractivity contribution in [1.29, 1.82) is 0 Å². The molecule has 0 aromatic heterocycles. The van der Waals surface area contributed by atoms with Crippen LogP contribution in [0.3, 0.4) is 0 Å². The number of halogens is 9. The van der Waals surface area contributed by atoms with Gasteiger partial charge in [-0.2, -0.15) is 39.5 Å². The Balaban J connectivity index is 4.51. The monoisotopic (exact) mass is 529 g/mol. The van der Waals surface area contributed by atoms with Crippen LogP contribution in [-0.4, -0.2) is 41.8 Å². The van der Waals surface area contributed by atoms with Gasteiger partial charge in [-0.15, -0.1) is 5.76 Å². The summed E-state index contributed by atoms with van der Waals surface area (Å²) in [7, 11) is -20.8. The second-order valence-electron chi connectivity index (χ2n) is 5.44. The van der Waals surface area contributed by atoms with Crippen molar-refractivity contribution in [3.63, 3.8) is 0 Å². The second kappa shape index (κ2) is 7.54. The Hall–Kier alpha value is -2.02. The SMILES string of the molecule is C/C([O-])=C/c1c(S(=O)(=O)C(F)(F)F)cc(S(=O)(=O)C(F)(F)F)cc1S(=O)(=O)C(F)(F)F. The fourth-order valence-electron chi connectivity index (χ4n) is 1.91. The van der Waals surface area contributed by atoms with Gasteiger partial charge in [0.05, 0.1) is 14.7 Å². The van der Waals surface area contributed by atoms with E-state index in [2.05, 4.69) is 0 Å². The Morgan fingerprint density at radius 2 is 1.00 bits per heavy atom. The van der Waals surface area contributed by atoms with Crippen LogP contribution in [0.2, 0.25) is 0 Å². The highest BCUT2D eigenvalue weighted by Gasteiger charge is 2.54. The van der Waals surface area contributed by atoms with E-state index in [1.807, 2.05) is 0 Å². The first-order valence-electron chi connectivity index (χ1n) is 6.86. The van der Waals surface area contributed by atoms with Gasteiger partial charge in [0.2, 0.25) is 0 Å². The second-order valence-corrected chi connectivity index (χ2v) is 11.2. The molecule has 19 heteroatoms. The van der Waals surface area contributed by atoms with Gasteiger partial charge in [0.25, 0.3) is 29.5 Å². The van der Waals surface area contributed by atoms with Crippen molar-refractivity contribution in [2.45, 2.75) is 38.1 Å². The molecule has 0 bridgehead atoms. The van der Waals surface area contributed by atoms with Crippen molar-refractivity contribution in [1.82, 2.24) is 0 Å². The van der Waals surface area contributed by atoms with Gasteiger partial charge in [-0.1, -0.05) is 13.0 Å². The molecule has 0 amide bonds. The topological polar surface area (TPSA) is 125 Å². The summed E-state index contributed by atoms with van der Waals surface area (Å²) < 4.78 is 186. The van der Waals surface area contributed by atoms with E-state index >= 15 is 0 Å². The van der Waals surface area contributed by atoms with Crippen molar-refractivity contribution in [3.8, 4) is 0 Å². The lowest BCUT2D eigenvalue weighted by Crippen LogP contribution is -2.29. The van der Waals surface area contributed by atoms with Gasteiger partial charge < -0.3 is 5.11 Å². The Labute approximate surface area is 167 Å². The minimum absolute atomic E-state index is 0.346. The Kier molecular flexibility index (Phi) is 6.57. The van der Waals surface area contributed by atoms with E-state index in [0.717, 1.165) is 0 Å². The highest BCUT2D eigenvalue weighted by molar-refractivity contribution is 7.94. The lowest BCUT2D eigenvalue weighted by molar-refractivity contribution is -0.299. The van der Waals surface area contributed by atoms with E-state index < -0.39 is 84.2 Å². The summed E-state index contributed by atoms with van der Waals surface area (Å²) in [6, 6.07) is -1.67. The zero-order chi connectivity index (χ0) is 25.0. The molecule has 0 aliphatic heterocycles. The standard InChI is InChI=1S/C12H7F9O7S3/c1-5(22)2-7-8(30(25,26)11(16,17)18)3-6(29(23,24)10(13,14)15)4-9(7)31(27,28)12(19,20)21/h2-4,22H,1H3/p-1/b5-2-. The summed E-state index contributed by atoms with van der Waals surface area (Å²) in [6.45, 7) is 0.425. The summed E-state index contributed by atoms with van der Waals surface area (Å²) in [4.78, 5) is -7.79. The van der Waals surface area contributed by atoms with Crippen LogP contribution in [0.5, 0.6) is 0 Å². The molecular weight excluding hydrogens is 523 g/mol. The molecule has 0 N–H and O–H groups in total. The van der Waals surface area contributed by atoms with Gasteiger partial charge in [0.15, 0.2) is 0 Å². The molecular formula is C12H6F9O7S3-. The maximum absolute atomic E-state index is 12.9. The largest absolute Gasteiger partial charge is 0.876 e. The predicted octanol–water partition coefficient (Wildman–Crippen LogP) is 2.29. The van der Waals surface area contributed by atoms with Crippen LogP contribution in [-0.2, 0) is 29.5 Å².